The molecule has 0 radical (unpaired) electrons. The zero-order chi connectivity index (χ0) is 11.1. The standard InChI is InChI=1S/C11H13Cl2NO/c1-15-11-5-4-9(13)8-10(11)14-7-3-2-6-12/h2-5,8,14H,6-7H2,1H3/b3-2+. The predicted octanol–water partition coefficient (Wildman–Crippen LogP) is 3.56. The number of anilines is 1. The Labute approximate surface area is 99.8 Å². The third-order valence-corrected chi connectivity index (χ3v) is 2.24. The highest BCUT2D eigenvalue weighted by Crippen LogP contribution is 2.27. The van der Waals surface area contributed by atoms with E-state index in [4.69, 9.17) is 27.9 Å². The van der Waals surface area contributed by atoms with E-state index in [0.717, 1.165) is 11.4 Å². The molecule has 1 aromatic rings. The molecule has 0 aliphatic heterocycles. The van der Waals surface area contributed by atoms with Gasteiger partial charge in [0.05, 0.1) is 12.8 Å². The number of hydrogen-bond donors (Lipinski definition) is 1. The molecule has 4 heteroatoms. The van der Waals surface area contributed by atoms with Gasteiger partial charge in [-0.25, -0.2) is 0 Å². The van der Waals surface area contributed by atoms with Crippen molar-refractivity contribution in [3.8, 4) is 5.75 Å². The summed E-state index contributed by atoms with van der Waals surface area (Å²) in [5.41, 5.74) is 0.879. The third-order valence-electron chi connectivity index (χ3n) is 1.83. The van der Waals surface area contributed by atoms with Crippen molar-refractivity contribution in [2.45, 2.75) is 0 Å². The molecular weight excluding hydrogens is 233 g/mol. The van der Waals surface area contributed by atoms with Gasteiger partial charge in [0.15, 0.2) is 0 Å². The van der Waals surface area contributed by atoms with Gasteiger partial charge < -0.3 is 10.1 Å². The summed E-state index contributed by atoms with van der Waals surface area (Å²) >= 11 is 11.4. The van der Waals surface area contributed by atoms with E-state index in [0.29, 0.717) is 17.4 Å². The molecule has 0 aliphatic rings. The van der Waals surface area contributed by atoms with Crippen LogP contribution in [0.2, 0.25) is 5.02 Å². The van der Waals surface area contributed by atoms with Crippen molar-refractivity contribution in [3.05, 3.63) is 35.4 Å². The minimum atomic E-state index is 0.522. The molecule has 0 spiro atoms. The zero-order valence-corrected chi connectivity index (χ0v) is 9.98. The Morgan fingerprint density at radius 1 is 1.40 bits per heavy atom. The van der Waals surface area contributed by atoms with Gasteiger partial charge in [-0.2, -0.15) is 0 Å². The van der Waals surface area contributed by atoms with Crippen molar-refractivity contribution in [1.29, 1.82) is 0 Å². The van der Waals surface area contributed by atoms with Crippen LogP contribution in [0.15, 0.2) is 30.4 Å². The van der Waals surface area contributed by atoms with E-state index in [9.17, 15) is 0 Å². The van der Waals surface area contributed by atoms with Crippen LogP contribution in [0.4, 0.5) is 5.69 Å². The Balaban J connectivity index is 2.65. The van der Waals surface area contributed by atoms with Crippen molar-refractivity contribution < 1.29 is 4.74 Å². The predicted molar refractivity (Wildman–Crippen MR) is 66.4 cm³/mol. The normalized spacial score (nSPS) is 10.6. The smallest absolute Gasteiger partial charge is 0.142 e. The molecule has 0 heterocycles. The Morgan fingerprint density at radius 3 is 2.87 bits per heavy atom. The molecule has 0 amide bonds. The first kappa shape index (κ1) is 12.2. The molecule has 0 aromatic heterocycles. The number of rotatable bonds is 5. The van der Waals surface area contributed by atoms with Gasteiger partial charge in [-0.1, -0.05) is 23.8 Å². The van der Waals surface area contributed by atoms with Crippen LogP contribution in [0.1, 0.15) is 0 Å². The van der Waals surface area contributed by atoms with Crippen LogP contribution in [0, 0.1) is 0 Å². The first-order valence-electron chi connectivity index (χ1n) is 4.56. The molecule has 0 saturated carbocycles. The second kappa shape index (κ2) is 6.59. The molecule has 0 saturated heterocycles. The van der Waals surface area contributed by atoms with Gasteiger partial charge in [0.25, 0.3) is 0 Å². The van der Waals surface area contributed by atoms with Crippen LogP contribution in [0.5, 0.6) is 5.75 Å². The number of methoxy groups -OCH3 is 1. The van der Waals surface area contributed by atoms with E-state index in [1.807, 2.05) is 24.3 Å². The Bertz CT molecular complexity index is 339. The second-order valence-electron chi connectivity index (χ2n) is 2.85. The first-order chi connectivity index (χ1) is 7.27. The molecule has 0 unspecified atom stereocenters. The van der Waals surface area contributed by atoms with Crippen molar-refractivity contribution in [2.24, 2.45) is 0 Å². The maximum absolute atomic E-state index is 5.88. The largest absolute Gasteiger partial charge is 0.495 e. The van der Waals surface area contributed by atoms with Crippen LogP contribution in [-0.2, 0) is 0 Å². The number of hydrogen-bond acceptors (Lipinski definition) is 2. The summed E-state index contributed by atoms with van der Waals surface area (Å²) < 4.78 is 5.19. The molecule has 15 heavy (non-hydrogen) atoms. The van der Waals surface area contributed by atoms with E-state index in [-0.39, 0.29) is 0 Å². The fraction of sp³-hybridized carbons (Fsp3) is 0.273. The number of ether oxygens (including phenoxy) is 1. The second-order valence-corrected chi connectivity index (χ2v) is 3.60. The number of benzene rings is 1. The number of nitrogens with one attached hydrogen (secondary N) is 1. The summed E-state index contributed by atoms with van der Waals surface area (Å²) in [4.78, 5) is 0. The van der Waals surface area contributed by atoms with Crippen molar-refractivity contribution in [3.63, 3.8) is 0 Å². The fourth-order valence-electron chi connectivity index (χ4n) is 1.13. The van der Waals surface area contributed by atoms with Gasteiger partial charge in [-0.15, -0.1) is 11.6 Å². The van der Waals surface area contributed by atoms with E-state index in [1.54, 1.807) is 13.2 Å². The molecule has 2 nitrogen and oxygen atoms in total. The number of allylic oxidation sites excluding steroid dienone is 1. The SMILES string of the molecule is COc1ccc(Cl)cc1NC/C=C/CCl. The van der Waals surface area contributed by atoms with Gasteiger partial charge in [-0.05, 0) is 18.2 Å². The minimum Gasteiger partial charge on any atom is -0.495 e. The van der Waals surface area contributed by atoms with E-state index < -0.39 is 0 Å². The van der Waals surface area contributed by atoms with Crippen molar-refractivity contribution in [2.75, 3.05) is 24.9 Å². The molecule has 0 atom stereocenters. The van der Waals surface area contributed by atoms with Crippen LogP contribution in [0.25, 0.3) is 0 Å². The quantitative estimate of drug-likeness (QED) is 0.633. The Hall–Kier alpha value is -0.860. The van der Waals surface area contributed by atoms with Gasteiger partial charge in [0, 0.05) is 17.4 Å². The van der Waals surface area contributed by atoms with Crippen molar-refractivity contribution in [1.82, 2.24) is 0 Å². The molecule has 0 aliphatic carbocycles. The fourth-order valence-corrected chi connectivity index (χ4v) is 1.43. The average Bonchev–Trinajstić information content (AvgIpc) is 2.25. The van der Waals surface area contributed by atoms with Gasteiger partial charge in [-0.3, -0.25) is 0 Å². The lowest BCUT2D eigenvalue weighted by molar-refractivity contribution is 0.416. The summed E-state index contributed by atoms with van der Waals surface area (Å²) in [5.74, 6) is 1.30. The minimum absolute atomic E-state index is 0.522. The van der Waals surface area contributed by atoms with Crippen LogP contribution in [-0.4, -0.2) is 19.5 Å². The number of halogens is 2. The molecule has 1 rings (SSSR count). The monoisotopic (exact) mass is 245 g/mol. The highest BCUT2D eigenvalue weighted by Gasteiger charge is 2.01. The first-order valence-corrected chi connectivity index (χ1v) is 5.47. The lowest BCUT2D eigenvalue weighted by Crippen LogP contribution is -2.00. The van der Waals surface area contributed by atoms with E-state index >= 15 is 0 Å². The van der Waals surface area contributed by atoms with E-state index in [2.05, 4.69) is 5.32 Å². The molecular formula is C11H13Cl2NO. The Kier molecular flexibility index (Phi) is 5.37. The van der Waals surface area contributed by atoms with Gasteiger partial charge >= 0.3 is 0 Å². The molecule has 0 fully saturated rings. The van der Waals surface area contributed by atoms with Crippen LogP contribution < -0.4 is 10.1 Å². The topological polar surface area (TPSA) is 21.3 Å². The molecule has 0 bridgehead atoms. The van der Waals surface area contributed by atoms with Crippen molar-refractivity contribution >= 4 is 28.9 Å². The lowest BCUT2D eigenvalue weighted by Gasteiger charge is -2.09. The maximum Gasteiger partial charge on any atom is 0.142 e. The average molecular weight is 246 g/mol. The third kappa shape index (κ3) is 4.02. The molecule has 82 valence electrons. The van der Waals surface area contributed by atoms with Crippen LogP contribution in [0.3, 0.4) is 0 Å². The highest BCUT2D eigenvalue weighted by molar-refractivity contribution is 6.30. The maximum atomic E-state index is 5.88. The molecule has 1 aromatic carbocycles. The van der Waals surface area contributed by atoms with E-state index in [1.165, 1.54) is 0 Å². The van der Waals surface area contributed by atoms with Crippen LogP contribution >= 0.6 is 23.2 Å². The molecule has 1 N–H and O–H groups in total. The number of alkyl halides is 1. The summed E-state index contributed by atoms with van der Waals surface area (Å²) in [7, 11) is 1.63. The lowest BCUT2D eigenvalue weighted by atomic mass is 10.3. The summed E-state index contributed by atoms with van der Waals surface area (Å²) in [6.45, 7) is 0.698. The van der Waals surface area contributed by atoms with Gasteiger partial charge in [0.1, 0.15) is 5.75 Å². The zero-order valence-electron chi connectivity index (χ0n) is 8.47. The summed E-state index contributed by atoms with van der Waals surface area (Å²) in [6.07, 6.45) is 3.83. The highest BCUT2D eigenvalue weighted by atomic mass is 35.5. The summed E-state index contributed by atoms with van der Waals surface area (Å²) in [5, 5.41) is 3.87. The Morgan fingerprint density at radius 2 is 2.20 bits per heavy atom. The summed E-state index contributed by atoms with van der Waals surface area (Å²) in [6, 6.07) is 5.45. The van der Waals surface area contributed by atoms with Gasteiger partial charge in [0.2, 0.25) is 0 Å².